The second-order valence-corrected chi connectivity index (χ2v) is 6.55. The molecule has 0 aliphatic heterocycles. The molecule has 3 heteroatoms. The molecule has 0 unspecified atom stereocenters. The van der Waals surface area contributed by atoms with Crippen molar-refractivity contribution >= 4 is 11.8 Å². The molecule has 0 aromatic carbocycles. The minimum Gasteiger partial charge on any atom is -0.481 e. The third-order valence-electron chi connectivity index (χ3n) is 4.58. The lowest BCUT2D eigenvalue weighted by atomic mass is 9.91. The molecule has 1 fully saturated rings. The molecule has 0 aromatic heterocycles. The van der Waals surface area contributed by atoms with Crippen LogP contribution in [-0.4, -0.2) is 16.9 Å². The number of allylic oxidation sites excluding steroid dienone is 4. The molecule has 1 rings (SSSR count). The van der Waals surface area contributed by atoms with E-state index >= 15 is 0 Å². The van der Waals surface area contributed by atoms with Gasteiger partial charge in [0.25, 0.3) is 0 Å². The highest BCUT2D eigenvalue weighted by molar-refractivity contribution is 5.83. The van der Waals surface area contributed by atoms with E-state index in [1.807, 2.05) is 19.9 Å². The van der Waals surface area contributed by atoms with Crippen LogP contribution in [-0.2, 0) is 9.59 Å². The fraction of sp³-hybridized carbons (Fsp3) is 0.727. The number of hydrogen-bond acceptors (Lipinski definition) is 2. The van der Waals surface area contributed by atoms with E-state index in [0.717, 1.165) is 25.7 Å². The van der Waals surface area contributed by atoms with Crippen LogP contribution in [0.1, 0.15) is 91.4 Å². The number of ketones is 1. The largest absolute Gasteiger partial charge is 0.481 e. The number of carboxylic acids is 1. The summed E-state index contributed by atoms with van der Waals surface area (Å²) >= 11 is 0. The van der Waals surface area contributed by atoms with Crippen molar-refractivity contribution in [2.75, 3.05) is 0 Å². The molecule has 1 saturated carbocycles. The number of unbranched alkanes of at least 4 members (excludes halogenated alkanes) is 5. The third kappa shape index (κ3) is 11.7. The predicted octanol–water partition coefficient (Wildman–Crippen LogP) is 6.34. The van der Waals surface area contributed by atoms with Crippen molar-refractivity contribution in [3.63, 3.8) is 0 Å². The Bertz CT molecular complexity index is 409. The van der Waals surface area contributed by atoms with Crippen molar-refractivity contribution in [2.45, 2.75) is 91.4 Å². The van der Waals surface area contributed by atoms with Gasteiger partial charge in [-0.05, 0) is 44.4 Å². The quantitative estimate of drug-likeness (QED) is 0.330. The van der Waals surface area contributed by atoms with E-state index in [4.69, 9.17) is 5.11 Å². The number of Topliss-reactive ketones (excluding diaryl/α,β-unsaturated/α-hetero) is 1. The monoisotopic (exact) mass is 350 g/mol. The molecule has 0 bridgehead atoms. The van der Waals surface area contributed by atoms with Gasteiger partial charge in [0.05, 0.1) is 0 Å². The highest BCUT2D eigenvalue weighted by atomic mass is 16.4. The van der Waals surface area contributed by atoms with E-state index in [0.29, 0.717) is 24.5 Å². The molecule has 1 N–H and O–H groups in total. The number of rotatable bonds is 12. The molecule has 3 nitrogen and oxygen atoms in total. The van der Waals surface area contributed by atoms with E-state index in [2.05, 4.69) is 25.2 Å². The first kappa shape index (κ1) is 23.6. The van der Waals surface area contributed by atoms with Crippen LogP contribution in [0.4, 0.5) is 0 Å². The summed E-state index contributed by atoms with van der Waals surface area (Å²) in [6.45, 7) is 6.22. The van der Waals surface area contributed by atoms with Crippen molar-refractivity contribution in [1.29, 1.82) is 0 Å². The van der Waals surface area contributed by atoms with Gasteiger partial charge in [-0.3, -0.25) is 9.59 Å². The van der Waals surface area contributed by atoms with Crippen LogP contribution in [0.15, 0.2) is 24.3 Å². The predicted molar refractivity (Wildman–Crippen MR) is 106 cm³/mol. The second kappa shape index (κ2) is 16.1. The maximum absolute atomic E-state index is 12.0. The minimum absolute atomic E-state index is 0.137. The van der Waals surface area contributed by atoms with Crippen molar-refractivity contribution in [1.82, 2.24) is 0 Å². The Hall–Kier alpha value is -1.38. The zero-order valence-corrected chi connectivity index (χ0v) is 16.5. The summed E-state index contributed by atoms with van der Waals surface area (Å²) in [6, 6.07) is 0. The summed E-state index contributed by atoms with van der Waals surface area (Å²) in [5.41, 5.74) is 0. The minimum atomic E-state index is -0.742. The standard InChI is InChI=1S/C20H32O3.C2H6/c1-2-3-4-5-6-9-12-17-15-16-19(21)18(17)13-10-7-8-11-14-20(22)23;1-2/h7,9-10,12,17-18H,2-6,8,11,13-16H2,1H3,(H,22,23);1-2H3/b10-7-,12-9+;/t17-,18+;/m0./s1. The number of aliphatic carboxylic acids is 1. The fourth-order valence-electron chi connectivity index (χ4n) is 3.16. The van der Waals surface area contributed by atoms with E-state index in [1.54, 1.807) is 0 Å². The number of carboxylic acid groups (broad SMARTS) is 1. The Morgan fingerprint density at radius 1 is 1.08 bits per heavy atom. The number of hydrogen-bond donors (Lipinski definition) is 1. The van der Waals surface area contributed by atoms with Crippen LogP contribution < -0.4 is 0 Å². The van der Waals surface area contributed by atoms with Gasteiger partial charge in [0.15, 0.2) is 0 Å². The van der Waals surface area contributed by atoms with Crippen LogP contribution in [0.5, 0.6) is 0 Å². The Labute approximate surface area is 154 Å². The first-order chi connectivity index (χ1) is 12.1. The van der Waals surface area contributed by atoms with Crippen LogP contribution in [0, 0.1) is 11.8 Å². The molecule has 1 aliphatic rings. The van der Waals surface area contributed by atoms with E-state index in [-0.39, 0.29) is 12.3 Å². The van der Waals surface area contributed by atoms with Gasteiger partial charge in [0.1, 0.15) is 5.78 Å². The Kier molecular flexibility index (Phi) is 15.2. The lowest BCUT2D eigenvalue weighted by molar-refractivity contribution is -0.137. The zero-order valence-electron chi connectivity index (χ0n) is 16.5. The number of carbonyl (C=O) groups excluding carboxylic acids is 1. The number of carbonyl (C=O) groups is 2. The molecule has 0 radical (unpaired) electrons. The zero-order chi connectivity index (χ0) is 18.9. The molecule has 0 saturated heterocycles. The Morgan fingerprint density at radius 2 is 1.80 bits per heavy atom. The maximum atomic E-state index is 12.0. The fourth-order valence-corrected chi connectivity index (χ4v) is 3.16. The van der Waals surface area contributed by atoms with Crippen LogP contribution in [0.25, 0.3) is 0 Å². The summed E-state index contributed by atoms with van der Waals surface area (Å²) in [4.78, 5) is 22.5. The lowest BCUT2D eigenvalue weighted by Gasteiger charge is -2.12. The topological polar surface area (TPSA) is 54.4 Å². The normalized spacial score (nSPS) is 20.2. The lowest BCUT2D eigenvalue weighted by Crippen LogP contribution is -2.12. The van der Waals surface area contributed by atoms with Gasteiger partial charge in [0, 0.05) is 18.8 Å². The van der Waals surface area contributed by atoms with E-state index in [9.17, 15) is 9.59 Å². The molecular weight excluding hydrogens is 312 g/mol. The van der Waals surface area contributed by atoms with Crippen LogP contribution in [0.2, 0.25) is 0 Å². The molecule has 2 atom stereocenters. The molecule has 0 amide bonds. The van der Waals surface area contributed by atoms with Gasteiger partial charge in [-0.25, -0.2) is 0 Å². The summed E-state index contributed by atoms with van der Waals surface area (Å²) < 4.78 is 0. The van der Waals surface area contributed by atoms with E-state index in [1.165, 1.54) is 25.7 Å². The average Bonchev–Trinajstić information content (AvgIpc) is 2.96. The summed E-state index contributed by atoms with van der Waals surface area (Å²) in [7, 11) is 0. The van der Waals surface area contributed by atoms with Crippen molar-refractivity contribution in [2.24, 2.45) is 11.8 Å². The highest BCUT2D eigenvalue weighted by Crippen LogP contribution is 2.32. The van der Waals surface area contributed by atoms with Gasteiger partial charge >= 0.3 is 5.97 Å². The van der Waals surface area contributed by atoms with Gasteiger partial charge in [-0.1, -0.05) is 64.3 Å². The Morgan fingerprint density at radius 3 is 2.48 bits per heavy atom. The Balaban J connectivity index is 0.00000277. The first-order valence-corrected chi connectivity index (χ1v) is 10.2. The van der Waals surface area contributed by atoms with Gasteiger partial charge < -0.3 is 5.11 Å². The van der Waals surface area contributed by atoms with Crippen molar-refractivity contribution in [3.05, 3.63) is 24.3 Å². The highest BCUT2D eigenvalue weighted by Gasteiger charge is 2.31. The molecule has 0 heterocycles. The van der Waals surface area contributed by atoms with Crippen molar-refractivity contribution in [3.8, 4) is 0 Å². The molecule has 1 aliphatic carbocycles. The van der Waals surface area contributed by atoms with Crippen molar-refractivity contribution < 1.29 is 14.7 Å². The average molecular weight is 351 g/mol. The summed E-state index contributed by atoms with van der Waals surface area (Å²) in [5, 5.41) is 8.59. The molecule has 0 aromatic rings. The summed E-state index contributed by atoms with van der Waals surface area (Å²) in [6.07, 6.45) is 19.1. The van der Waals surface area contributed by atoms with Gasteiger partial charge in [-0.2, -0.15) is 0 Å². The van der Waals surface area contributed by atoms with Crippen LogP contribution >= 0.6 is 0 Å². The molecule has 0 spiro atoms. The smallest absolute Gasteiger partial charge is 0.303 e. The third-order valence-corrected chi connectivity index (χ3v) is 4.58. The molecule has 25 heavy (non-hydrogen) atoms. The SMILES string of the molecule is CC.CCCCCC/C=C/[C@H]1CCC(=O)[C@@H]1C/C=C\CCCC(=O)O. The first-order valence-electron chi connectivity index (χ1n) is 10.2. The second-order valence-electron chi connectivity index (χ2n) is 6.55. The summed E-state index contributed by atoms with van der Waals surface area (Å²) in [5.74, 6) is 0.185. The van der Waals surface area contributed by atoms with Gasteiger partial charge in [-0.15, -0.1) is 0 Å². The maximum Gasteiger partial charge on any atom is 0.303 e. The molecular formula is C22H38O3. The molecule has 144 valence electrons. The van der Waals surface area contributed by atoms with Gasteiger partial charge in [0.2, 0.25) is 0 Å². The van der Waals surface area contributed by atoms with E-state index < -0.39 is 5.97 Å². The van der Waals surface area contributed by atoms with Crippen LogP contribution in [0.3, 0.4) is 0 Å².